The summed E-state index contributed by atoms with van der Waals surface area (Å²) in [5.74, 6) is -0.0969. The molecular formula is C15H25N3O3. The third kappa shape index (κ3) is 5.24. The van der Waals surface area contributed by atoms with Gasteiger partial charge in [0.25, 0.3) is 5.91 Å². The zero-order valence-electron chi connectivity index (χ0n) is 13.1. The van der Waals surface area contributed by atoms with Crippen molar-refractivity contribution < 1.29 is 14.6 Å². The van der Waals surface area contributed by atoms with Crippen LogP contribution in [0.4, 0.5) is 11.4 Å². The number of hydrogen-bond donors (Lipinski definition) is 3. The van der Waals surface area contributed by atoms with Crippen LogP contribution in [0.3, 0.4) is 0 Å². The lowest BCUT2D eigenvalue weighted by Crippen LogP contribution is -2.34. The number of ether oxygens (including phenoxy) is 1. The van der Waals surface area contributed by atoms with E-state index in [4.69, 9.17) is 10.5 Å². The standard InChI is InChI=1S/C15H25N3O3/c1-15(20,7-8-21-4)10-17-13-6-5-11(9-12(13)16)14(19)18(2)3/h5-6,9,17,20H,7-8,10,16H2,1-4H3. The van der Waals surface area contributed by atoms with Gasteiger partial charge < -0.3 is 25.8 Å². The highest BCUT2D eigenvalue weighted by Gasteiger charge is 2.20. The van der Waals surface area contributed by atoms with Crippen LogP contribution < -0.4 is 11.1 Å². The molecule has 0 saturated heterocycles. The molecule has 0 bridgehead atoms. The second-order valence-electron chi connectivity index (χ2n) is 5.59. The van der Waals surface area contributed by atoms with Crippen molar-refractivity contribution in [1.29, 1.82) is 0 Å². The van der Waals surface area contributed by atoms with E-state index in [0.29, 0.717) is 36.5 Å². The Morgan fingerprint density at radius 3 is 2.67 bits per heavy atom. The lowest BCUT2D eigenvalue weighted by Gasteiger charge is -2.24. The molecule has 4 N–H and O–H groups in total. The minimum absolute atomic E-state index is 0.0969. The van der Waals surface area contributed by atoms with Gasteiger partial charge in [-0.05, 0) is 25.1 Å². The Bertz CT molecular complexity index is 487. The number of carbonyl (C=O) groups excluding carboxylic acids is 1. The SMILES string of the molecule is COCCC(C)(O)CNc1ccc(C(=O)N(C)C)cc1N. The number of carbonyl (C=O) groups is 1. The summed E-state index contributed by atoms with van der Waals surface area (Å²) < 4.78 is 4.96. The van der Waals surface area contributed by atoms with Gasteiger partial charge in [-0.1, -0.05) is 0 Å². The summed E-state index contributed by atoms with van der Waals surface area (Å²) in [6, 6.07) is 5.10. The van der Waals surface area contributed by atoms with E-state index in [2.05, 4.69) is 5.32 Å². The van der Waals surface area contributed by atoms with Crippen molar-refractivity contribution in [2.45, 2.75) is 18.9 Å². The zero-order chi connectivity index (χ0) is 16.0. The predicted molar refractivity (Wildman–Crippen MR) is 84.5 cm³/mol. The maximum atomic E-state index is 11.8. The number of aliphatic hydroxyl groups is 1. The van der Waals surface area contributed by atoms with Crippen LogP contribution in [0.1, 0.15) is 23.7 Å². The summed E-state index contributed by atoms with van der Waals surface area (Å²) in [6.45, 7) is 2.57. The lowest BCUT2D eigenvalue weighted by atomic mass is 10.0. The monoisotopic (exact) mass is 295 g/mol. The van der Waals surface area contributed by atoms with Crippen molar-refractivity contribution in [3.05, 3.63) is 23.8 Å². The average Bonchev–Trinajstić information content (AvgIpc) is 2.43. The molecule has 0 aromatic heterocycles. The van der Waals surface area contributed by atoms with Crippen LogP contribution in [0.5, 0.6) is 0 Å². The average molecular weight is 295 g/mol. The van der Waals surface area contributed by atoms with Crippen LogP contribution in [-0.4, -0.2) is 55.9 Å². The Balaban J connectivity index is 2.71. The lowest BCUT2D eigenvalue weighted by molar-refractivity contribution is 0.0357. The molecule has 6 heteroatoms. The number of hydrogen-bond acceptors (Lipinski definition) is 5. The fourth-order valence-corrected chi connectivity index (χ4v) is 1.81. The second kappa shape index (κ2) is 7.28. The van der Waals surface area contributed by atoms with Crippen molar-refractivity contribution >= 4 is 17.3 Å². The number of nitrogens with zero attached hydrogens (tertiary/aromatic N) is 1. The zero-order valence-corrected chi connectivity index (χ0v) is 13.1. The maximum absolute atomic E-state index is 11.8. The van der Waals surface area contributed by atoms with Gasteiger partial charge in [0.1, 0.15) is 0 Å². The van der Waals surface area contributed by atoms with E-state index in [0.717, 1.165) is 0 Å². The Morgan fingerprint density at radius 2 is 2.14 bits per heavy atom. The summed E-state index contributed by atoms with van der Waals surface area (Å²) in [7, 11) is 4.98. The van der Waals surface area contributed by atoms with E-state index in [1.807, 2.05) is 0 Å². The first-order valence-electron chi connectivity index (χ1n) is 6.83. The van der Waals surface area contributed by atoms with Crippen LogP contribution >= 0.6 is 0 Å². The van der Waals surface area contributed by atoms with E-state index in [1.54, 1.807) is 46.3 Å². The molecule has 1 aromatic carbocycles. The summed E-state index contributed by atoms with van der Waals surface area (Å²) in [5, 5.41) is 13.3. The van der Waals surface area contributed by atoms with Crippen molar-refractivity contribution in [3.63, 3.8) is 0 Å². The van der Waals surface area contributed by atoms with E-state index < -0.39 is 5.60 Å². The van der Waals surface area contributed by atoms with Crippen LogP contribution in [0.25, 0.3) is 0 Å². The van der Waals surface area contributed by atoms with Gasteiger partial charge in [-0.15, -0.1) is 0 Å². The van der Waals surface area contributed by atoms with Gasteiger partial charge in [0, 0.05) is 46.3 Å². The van der Waals surface area contributed by atoms with Crippen LogP contribution in [0.15, 0.2) is 18.2 Å². The van der Waals surface area contributed by atoms with E-state index in [9.17, 15) is 9.90 Å². The molecule has 1 aromatic rings. The Hall–Kier alpha value is -1.79. The number of nitrogens with one attached hydrogen (secondary N) is 1. The van der Waals surface area contributed by atoms with Crippen LogP contribution in [-0.2, 0) is 4.74 Å². The number of amides is 1. The normalized spacial score (nSPS) is 13.6. The molecule has 0 heterocycles. The molecule has 118 valence electrons. The van der Waals surface area contributed by atoms with Gasteiger partial charge in [-0.25, -0.2) is 0 Å². The Kier molecular flexibility index (Phi) is 5.99. The molecule has 0 spiro atoms. The van der Waals surface area contributed by atoms with Crippen LogP contribution in [0.2, 0.25) is 0 Å². The van der Waals surface area contributed by atoms with Crippen molar-refractivity contribution in [2.75, 3.05) is 45.4 Å². The van der Waals surface area contributed by atoms with E-state index >= 15 is 0 Å². The molecule has 0 fully saturated rings. The van der Waals surface area contributed by atoms with Gasteiger partial charge in [-0.2, -0.15) is 0 Å². The summed E-state index contributed by atoms with van der Waals surface area (Å²) >= 11 is 0. The molecule has 0 aliphatic heterocycles. The van der Waals surface area contributed by atoms with Gasteiger partial charge in [-0.3, -0.25) is 4.79 Å². The van der Waals surface area contributed by atoms with Gasteiger partial charge in [0.15, 0.2) is 0 Å². The van der Waals surface area contributed by atoms with Crippen LogP contribution in [0, 0.1) is 0 Å². The van der Waals surface area contributed by atoms with Gasteiger partial charge >= 0.3 is 0 Å². The first-order valence-corrected chi connectivity index (χ1v) is 6.83. The molecule has 0 aliphatic carbocycles. The highest BCUT2D eigenvalue weighted by atomic mass is 16.5. The van der Waals surface area contributed by atoms with Crippen molar-refractivity contribution in [3.8, 4) is 0 Å². The summed E-state index contributed by atoms with van der Waals surface area (Å²) in [4.78, 5) is 13.3. The number of rotatable bonds is 7. The Morgan fingerprint density at radius 1 is 1.48 bits per heavy atom. The summed E-state index contributed by atoms with van der Waals surface area (Å²) in [6.07, 6.45) is 0.521. The fourth-order valence-electron chi connectivity index (χ4n) is 1.81. The number of nitrogens with two attached hydrogens (primary N) is 1. The molecule has 1 amide bonds. The molecule has 0 aliphatic rings. The third-order valence-electron chi connectivity index (χ3n) is 3.21. The van der Waals surface area contributed by atoms with E-state index in [1.165, 1.54) is 4.90 Å². The largest absolute Gasteiger partial charge is 0.397 e. The minimum atomic E-state index is -0.888. The van der Waals surface area contributed by atoms with E-state index in [-0.39, 0.29) is 5.91 Å². The molecule has 1 atom stereocenters. The van der Waals surface area contributed by atoms with Gasteiger partial charge in [0.2, 0.25) is 0 Å². The smallest absolute Gasteiger partial charge is 0.253 e. The molecular weight excluding hydrogens is 270 g/mol. The first kappa shape index (κ1) is 17.3. The molecule has 1 unspecified atom stereocenters. The molecule has 21 heavy (non-hydrogen) atoms. The Labute approximate surface area is 125 Å². The van der Waals surface area contributed by atoms with Gasteiger partial charge in [0.05, 0.1) is 17.0 Å². The summed E-state index contributed by atoms with van der Waals surface area (Å²) in [5.41, 5.74) is 6.77. The quantitative estimate of drug-likeness (QED) is 0.657. The molecule has 6 nitrogen and oxygen atoms in total. The van der Waals surface area contributed by atoms with Crippen molar-refractivity contribution in [2.24, 2.45) is 0 Å². The molecule has 0 saturated carbocycles. The third-order valence-corrected chi connectivity index (χ3v) is 3.21. The number of nitrogen functional groups attached to an aromatic ring is 1. The molecule has 1 rings (SSSR count). The maximum Gasteiger partial charge on any atom is 0.253 e. The predicted octanol–water partition coefficient (Wildman–Crippen LogP) is 1.17. The second-order valence-corrected chi connectivity index (χ2v) is 5.59. The molecule has 0 radical (unpaired) electrons. The first-order chi connectivity index (χ1) is 9.76. The van der Waals surface area contributed by atoms with Crippen molar-refractivity contribution in [1.82, 2.24) is 4.90 Å². The number of anilines is 2. The number of methoxy groups -OCH3 is 1. The fraction of sp³-hybridized carbons (Fsp3) is 0.533. The minimum Gasteiger partial charge on any atom is -0.397 e. The number of benzene rings is 1. The topological polar surface area (TPSA) is 87.8 Å². The highest BCUT2D eigenvalue weighted by Crippen LogP contribution is 2.22. The highest BCUT2D eigenvalue weighted by molar-refractivity contribution is 5.95.